The maximum absolute atomic E-state index is 11.7. The van der Waals surface area contributed by atoms with Gasteiger partial charge < -0.3 is 9.84 Å². The first-order valence-corrected chi connectivity index (χ1v) is 14.0. The van der Waals surface area contributed by atoms with Crippen LogP contribution in [-0.2, 0) is 28.8 Å². The van der Waals surface area contributed by atoms with Crippen molar-refractivity contribution in [2.45, 2.75) is 73.1 Å². The monoisotopic (exact) mass is 512 g/mol. The average Bonchev–Trinajstić information content (AvgIpc) is 2.91. The number of hydrogen-bond donors (Lipinski definition) is 1. The Morgan fingerprint density at radius 1 is 0.895 bits per heavy atom. The molecule has 0 aliphatic rings. The largest absolute Gasteiger partial charge is 0.462 e. The first kappa shape index (κ1) is 29.4. The lowest BCUT2D eigenvalue weighted by Gasteiger charge is -2.17. The average molecular weight is 513 g/mol. The third-order valence-corrected chi connectivity index (χ3v) is 7.36. The van der Waals surface area contributed by atoms with E-state index in [9.17, 15) is 9.90 Å². The SMILES string of the molecule is C=C(C)C(=O)OCC(CO)Cc1ccc(-c2ccc(-c3ccc(CCCCC)c(CC)c3)c(C)c2)c(C)c1. The summed E-state index contributed by atoms with van der Waals surface area (Å²) in [6.07, 6.45) is 6.68. The lowest BCUT2D eigenvalue weighted by molar-refractivity contribution is -0.140. The molecule has 202 valence electrons. The van der Waals surface area contributed by atoms with Gasteiger partial charge in [0.05, 0.1) is 6.61 Å². The Morgan fingerprint density at radius 3 is 2.16 bits per heavy atom. The van der Waals surface area contributed by atoms with E-state index in [1.807, 2.05) is 0 Å². The molecule has 0 aliphatic carbocycles. The van der Waals surface area contributed by atoms with Crippen LogP contribution in [0.2, 0.25) is 0 Å². The number of esters is 1. The highest BCUT2D eigenvalue weighted by molar-refractivity contribution is 5.86. The van der Waals surface area contributed by atoms with E-state index in [1.54, 1.807) is 6.92 Å². The zero-order valence-corrected chi connectivity index (χ0v) is 23.9. The number of aryl methyl sites for hydroxylation is 4. The Morgan fingerprint density at radius 2 is 1.55 bits per heavy atom. The molecule has 3 aromatic carbocycles. The minimum absolute atomic E-state index is 0.0373. The summed E-state index contributed by atoms with van der Waals surface area (Å²) in [6.45, 7) is 14.2. The molecule has 0 saturated carbocycles. The number of unbranched alkanes of at least 4 members (excludes halogenated alkanes) is 2. The van der Waals surface area contributed by atoms with E-state index >= 15 is 0 Å². The molecular formula is C35H44O3. The Hall–Kier alpha value is -3.17. The second kappa shape index (κ2) is 14.1. The zero-order chi connectivity index (χ0) is 27.7. The van der Waals surface area contributed by atoms with Crippen LogP contribution in [0.3, 0.4) is 0 Å². The van der Waals surface area contributed by atoms with Crippen molar-refractivity contribution in [2.24, 2.45) is 5.92 Å². The number of carbonyl (C=O) groups excluding carboxylic acids is 1. The van der Waals surface area contributed by atoms with Crippen molar-refractivity contribution in [3.63, 3.8) is 0 Å². The molecule has 0 bridgehead atoms. The molecular weight excluding hydrogens is 468 g/mol. The fourth-order valence-electron chi connectivity index (χ4n) is 5.09. The molecule has 0 aromatic heterocycles. The van der Waals surface area contributed by atoms with Crippen LogP contribution >= 0.6 is 0 Å². The zero-order valence-electron chi connectivity index (χ0n) is 23.9. The number of hydrogen-bond acceptors (Lipinski definition) is 3. The van der Waals surface area contributed by atoms with Crippen molar-refractivity contribution in [1.82, 2.24) is 0 Å². The Bertz CT molecular complexity index is 1250. The molecule has 38 heavy (non-hydrogen) atoms. The van der Waals surface area contributed by atoms with Gasteiger partial charge in [0.2, 0.25) is 0 Å². The fraction of sp³-hybridized carbons (Fsp3) is 0.400. The minimum atomic E-state index is -0.414. The summed E-state index contributed by atoms with van der Waals surface area (Å²) < 4.78 is 5.26. The molecule has 1 atom stereocenters. The van der Waals surface area contributed by atoms with Crippen LogP contribution in [0.15, 0.2) is 66.7 Å². The summed E-state index contributed by atoms with van der Waals surface area (Å²) in [4.78, 5) is 11.7. The van der Waals surface area contributed by atoms with E-state index in [4.69, 9.17) is 4.74 Å². The van der Waals surface area contributed by atoms with Crippen LogP contribution in [0.5, 0.6) is 0 Å². The lowest BCUT2D eigenvalue weighted by Crippen LogP contribution is -2.19. The van der Waals surface area contributed by atoms with Gasteiger partial charge in [-0.2, -0.15) is 0 Å². The van der Waals surface area contributed by atoms with Gasteiger partial charge in [-0.3, -0.25) is 0 Å². The molecule has 1 unspecified atom stereocenters. The van der Waals surface area contributed by atoms with E-state index in [-0.39, 0.29) is 19.1 Å². The summed E-state index contributed by atoms with van der Waals surface area (Å²) in [5, 5.41) is 9.77. The van der Waals surface area contributed by atoms with Gasteiger partial charge >= 0.3 is 5.97 Å². The van der Waals surface area contributed by atoms with Gasteiger partial charge in [0.1, 0.15) is 0 Å². The van der Waals surface area contributed by atoms with E-state index in [1.165, 1.54) is 70.2 Å². The molecule has 0 saturated heterocycles. The molecule has 0 heterocycles. The Kier molecular flexibility index (Phi) is 10.9. The highest BCUT2D eigenvalue weighted by Gasteiger charge is 2.14. The predicted octanol–water partition coefficient (Wildman–Crippen LogP) is 8.20. The van der Waals surface area contributed by atoms with Crippen LogP contribution in [-0.4, -0.2) is 24.3 Å². The molecule has 3 rings (SSSR count). The van der Waals surface area contributed by atoms with Crippen molar-refractivity contribution in [3.05, 3.63) is 94.6 Å². The minimum Gasteiger partial charge on any atom is -0.462 e. The predicted molar refractivity (Wildman–Crippen MR) is 159 cm³/mol. The van der Waals surface area contributed by atoms with Crippen LogP contribution in [0.25, 0.3) is 22.3 Å². The van der Waals surface area contributed by atoms with Gasteiger partial charge in [-0.25, -0.2) is 4.79 Å². The number of aliphatic hydroxyl groups is 1. The van der Waals surface area contributed by atoms with E-state index in [2.05, 4.69) is 88.9 Å². The number of rotatable bonds is 13. The first-order chi connectivity index (χ1) is 18.3. The van der Waals surface area contributed by atoms with Crippen LogP contribution in [0, 0.1) is 19.8 Å². The maximum atomic E-state index is 11.7. The third kappa shape index (κ3) is 7.68. The van der Waals surface area contributed by atoms with Gasteiger partial charge in [0.25, 0.3) is 0 Å². The van der Waals surface area contributed by atoms with Gasteiger partial charge in [-0.15, -0.1) is 0 Å². The number of ether oxygens (including phenoxy) is 1. The normalized spacial score (nSPS) is 11.8. The smallest absolute Gasteiger partial charge is 0.333 e. The van der Waals surface area contributed by atoms with E-state index in [0.717, 1.165) is 12.0 Å². The summed E-state index contributed by atoms with van der Waals surface area (Å²) in [5.41, 5.74) is 11.9. The van der Waals surface area contributed by atoms with Crippen molar-refractivity contribution in [3.8, 4) is 22.3 Å². The molecule has 1 N–H and O–H groups in total. The summed E-state index contributed by atoms with van der Waals surface area (Å²) in [5.74, 6) is -0.557. The quantitative estimate of drug-likeness (QED) is 0.143. The van der Waals surface area contributed by atoms with E-state index < -0.39 is 5.97 Å². The third-order valence-electron chi connectivity index (χ3n) is 7.36. The van der Waals surface area contributed by atoms with Crippen LogP contribution in [0.1, 0.15) is 67.9 Å². The van der Waals surface area contributed by atoms with Crippen molar-refractivity contribution in [1.29, 1.82) is 0 Å². The van der Waals surface area contributed by atoms with Gasteiger partial charge in [0, 0.05) is 18.1 Å². The van der Waals surface area contributed by atoms with Crippen molar-refractivity contribution < 1.29 is 14.6 Å². The highest BCUT2D eigenvalue weighted by atomic mass is 16.5. The fourth-order valence-corrected chi connectivity index (χ4v) is 5.09. The molecule has 0 amide bonds. The lowest BCUT2D eigenvalue weighted by atomic mass is 9.90. The Balaban J connectivity index is 1.76. The summed E-state index contributed by atoms with van der Waals surface area (Å²) in [7, 11) is 0. The number of aliphatic hydroxyl groups excluding tert-OH is 1. The second-order valence-corrected chi connectivity index (χ2v) is 10.6. The van der Waals surface area contributed by atoms with Gasteiger partial charge in [0.15, 0.2) is 0 Å². The molecule has 3 heteroatoms. The Labute approximate surface area is 229 Å². The number of benzene rings is 3. The first-order valence-electron chi connectivity index (χ1n) is 14.0. The van der Waals surface area contributed by atoms with E-state index in [0.29, 0.717) is 12.0 Å². The van der Waals surface area contributed by atoms with Crippen LogP contribution in [0.4, 0.5) is 0 Å². The summed E-state index contributed by atoms with van der Waals surface area (Å²) >= 11 is 0. The topological polar surface area (TPSA) is 46.5 Å². The van der Waals surface area contributed by atoms with Gasteiger partial charge in [-0.05, 0) is 96.5 Å². The molecule has 0 fully saturated rings. The van der Waals surface area contributed by atoms with Crippen LogP contribution < -0.4 is 0 Å². The van der Waals surface area contributed by atoms with Crippen molar-refractivity contribution >= 4 is 5.97 Å². The standard InChI is InChI=1S/C35H44O3/c1-7-9-10-11-30-13-14-32(21-29(30)8-2)34-17-15-31(19-26(34)6)33-16-12-27(18-25(33)5)20-28(22-36)23-38-35(37)24(3)4/h12-19,21,28,36H,3,7-11,20,22-23H2,1-2,4-6H3. The number of carbonyl (C=O) groups is 1. The molecule has 0 aliphatic heterocycles. The molecule has 0 spiro atoms. The summed E-state index contributed by atoms with van der Waals surface area (Å²) in [6, 6.07) is 20.2. The second-order valence-electron chi connectivity index (χ2n) is 10.6. The molecule has 3 aromatic rings. The van der Waals surface area contributed by atoms with Gasteiger partial charge in [-0.1, -0.05) is 87.9 Å². The van der Waals surface area contributed by atoms with Crippen molar-refractivity contribution in [2.75, 3.05) is 13.2 Å². The molecule has 3 nitrogen and oxygen atoms in total. The highest BCUT2D eigenvalue weighted by Crippen LogP contribution is 2.32. The molecule has 0 radical (unpaired) electrons. The maximum Gasteiger partial charge on any atom is 0.333 e.